The maximum absolute atomic E-state index is 2.45. The first-order valence-corrected chi connectivity index (χ1v) is 5.97. The van der Waals surface area contributed by atoms with Crippen molar-refractivity contribution >= 4 is 0 Å². The van der Waals surface area contributed by atoms with E-state index in [1.807, 2.05) is 0 Å². The molecule has 0 unspecified atom stereocenters. The van der Waals surface area contributed by atoms with Gasteiger partial charge in [-0.2, -0.15) is 0 Å². The maximum Gasteiger partial charge on any atom is 0.0195 e. The molecule has 0 heterocycles. The van der Waals surface area contributed by atoms with Crippen LogP contribution in [0.1, 0.15) is 47.5 Å². The summed E-state index contributed by atoms with van der Waals surface area (Å²) in [5.74, 6) is 1.50. The van der Waals surface area contributed by atoms with Crippen molar-refractivity contribution in [2.75, 3.05) is 13.1 Å². The lowest BCUT2D eigenvalue weighted by Crippen LogP contribution is -2.26. The van der Waals surface area contributed by atoms with Crippen LogP contribution in [0.15, 0.2) is 12.3 Å². The number of unbranched alkanes of at least 4 members (excludes halogenated alkanes) is 1. The molecule has 0 aromatic heterocycles. The van der Waals surface area contributed by atoms with Gasteiger partial charge in [0.15, 0.2) is 0 Å². The van der Waals surface area contributed by atoms with Crippen molar-refractivity contribution in [3.8, 4) is 0 Å². The number of allylic oxidation sites excluding steroid dienone is 1. The van der Waals surface area contributed by atoms with Gasteiger partial charge in [-0.1, -0.05) is 47.1 Å². The number of hydrogen-bond donors (Lipinski definition) is 0. The molecule has 0 spiro atoms. The van der Waals surface area contributed by atoms with E-state index in [0.717, 1.165) is 11.8 Å². The van der Waals surface area contributed by atoms with E-state index in [0.29, 0.717) is 0 Å². The van der Waals surface area contributed by atoms with Crippen LogP contribution in [-0.4, -0.2) is 18.0 Å². The quantitative estimate of drug-likeness (QED) is 0.598. The fourth-order valence-corrected chi connectivity index (χ4v) is 1.52. The van der Waals surface area contributed by atoms with Gasteiger partial charge in [-0.05, 0) is 24.5 Å². The summed E-state index contributed by atoms with van der Waals surface area (Å²) in [4.78, 5) is 2.45. The third-order valence-corrected chi connectivity index (χ3v) is 1.97. The molecule has 0 aliphatic heterocycles. The van der Waals surface area contributed by atoms with Gasteiger partial charge in [0.05, 0.1) is 0 Å². The number of hydrogen-bond acceptors (Lipinski definition) is 1. The predicted molar refractivity (Wildman–Crippen MR) is 65.3 cm³/mol. The van der Waals surface area contributed by atoms with Gasteiger partial charge in [0, 0.05) is 13.1 Å². The average Bonchev–Trinajstić information content (AvgIpc) is 2.02. The van der Waals surface area contributed by atoms with Crippen molar-refractivity contribution < 1.29 is 0 Å². The molecule has 0 saturated carbocycles. The molecule has 0 aromatic rings. The summed E-state index contributed by atoms with van der Waals surface area (Å²) in [5.41, 5.74) is 0. The summed E-state index contributed by atoms with van der Waals surface area (Å²) in [5, 5.41) is 0. The Kier molecular flexibility index (Phi) is 7.64. The van der Waals surface area contributed by atoms with Crippen LogP contribution in [0, 0.1) is 11.8 Å². The highest BCUT2D eigenvalue weighted by Gasteiger charge is 2.04. The molecule has 1 nitrogen and oxygen atoms in total. The van der Waals surface area contributed by atoms with E-state index in [-0.39, 0.29) is 0 Å². The highest BCUT2D eigenvalue weighted by molar-refractivity contribution is 4.83. The molecule has 0 aromatic carbocycles. The molecule has 14 heavy (non-hydrogen) atoms. The minimum Gasteiger partial charge on any atom is -0.377 e. The number of nitrogens with zero attached hydrogens (tertiary/aromatic N) is 1. The Balaban J connectivity index is 3.96. The summed E-state index contributed by atoms with van der Waals surface area (Å²) in [6, 6.07) is 0. The molecule has 84 valence electrons. The van der Waals surface area contributed by atoms with Crippen molar-refractivity contribution in [2.24, 2.45) is 11.8 Å². The lowest BCUT2D eigenvalue weighted by Gasteiger charge is -2.24. The molecule has 0 rings (SSSR count). The molecule has 0 aliphatic rings. The summed E-state index contributed by atoms with van der Waals surface area (Å²) in [6.45, 7) is 13.7. The monoisotopic (exact) mass is 197 g/mol. The fourth-order valence-electron chi connectivity index (χ4n) is 1.52. The van der Waals surface area contributed by atoms with Crippen molar-refractivity contribution in [1.82, 2.24) is 4.90 Å². The van der Waals surface area contributed by atoms with E-state index in [9.17, 15) is 0 Å². The first kappa shape index (κ1) is 13.5. The Labute approximate surface area is 90.2 Å². The molecule has 1 heteroatoms. The molecule has 0 N–H and O–H groups in total. The van der Waals surface area contributed by atoms with Crippen LogP contribution in [0.2, 0.25) is 0 Å². The number of rotatable bonds is 7. The maximum atomic E-state index is 2.45. The average molecular weight is 197 g/mol. The van der Waals surface area contributed by atoms with Gasteiger partial charge in [-0.15, -0.1) is 0 Å². The molecule has 0 radical (unpaired) electrons. The van der Waals surface area contributed by atoms with Crippen molar-refractivity contribution in [2.45, 2.75) is 47.5 Å². The minimum absolute atomic E-state index is 0.750. The molecule has 0 amide bonds. The van der Waals surface area contributed by atoms with E-state index < -0.39 is 0 Å². The van der Waals surface area contributed by atoms with Gasteiger partial charge >= 0.3 is 0 Å². The topological polar surface area (TPSA) is 3.24 Å². The van der Waals surface area contributed by atoms with Gasteiger partial charge in [0.25, 0.3) is 0 Å². The highest BCUT2D eigenvalue weighted by atomic mass is 15.1. The largest absolute Gasteiger partial charge is 0.377 e. The van der Waals surface area contributed by atoms with Crippen molar-refractivity contribution in [3.63, 3.8) is 0 Å². The zero-order chi connectivity index (χ0) is 11.0. The minimum atomic E-state index is 0.750. The SMILES string of the molecule is CCC/C=C/N(CC(C)C)CC(C)C. The second kappa shape index (κ2) is 7.90. The van der Waals surface area contributed by atoms with Crippen LogP contribution in [0.25, 0.3) is 0 Å². The normalized spacial score (nSPS) is 11.9. The zero-order valence-electron chi connectivity index (χ0n) is 10.6. The van der Waals surface area contributed by atoms with E-state index >= 15 is 0 Å². The van der Waals surface area contributed by atoms with Crippen LogP contribution in [-0.2, 0) is 0 Å². The van der Waals surface area contributed by atoms with Gasteiger partial charge in [-0.3, -0.25) is 0 Å². The summed E-state index contributed by atoms with van der Waals surface area (Å²) in [6.07, 6.45) is 7.02. The van der Waals surface area contributed by atoms with Crippen LogP contribution >= 0.6 is 0 Å². The second-order valence-corrected chi connectivity index (χ2v) is 4.92. The van der Waals surface area contributed by atoms with Crippen molar-refractivity contribution in [1.29, 1.82) is 0 Å². The smallest absolute Gasteiger partial charge is 0.0195 e. The zero-order valence-corrected chi connectivity index (χ0v) is 10.6. The second-order valence-electron chi connectivity index (χ2n) is 4.92. The Morgan fingerprint density at radius 1 is 1.00 bits per heavy atom. The van der Waals surface area contributed by atoms with Gasteiger partial charge in [-0.25, -0.2) is 0 Å². The fraction of sp³-hybridized carbons (Fsp3) is 0.846. The van der Waals surface area contributed by atoms with Crippen LogP contribution < -0.4 is 0 Å². The molecule has 0 aliphatic carbocycles. The lowest BCUT2D eigenvalue weighted by molar-refractivity contribution is 0.296. The summed E-state index contributed by atoms with van der Waals surface area (Å²) >= 11 is 0. The van der Waals surface area contributed by atoms with E-state index in [1.54, 1.807) is 0 Å². The lowest BCUT2D eigenvalue weighted by atomic mass is 10.1. The molecule has 0 fully saturated rings. The van der Waals surface area contributed by atoms with E-state index in [4.69, 9.17) is 0 Å². The predicted octanol–water partition coefficient (Wildman–Crippen LogP) is 3.91. The van der Waals surface area contributed by atoms with Gasteiger partial charge < -0.3 is 4.90 Å². The first-order chi connectivity index (χ1) is 6.56. The Bertz CT molecular complexity index is 137. The third-order valence-electron chi connectivity index (χ3n) is 1.97. The van der Waals surface area contributed by atoms with Crippen molar-refractivity contribution in [3.05, 3.63) is 12.3 Å². The highest BCUT2D eigenvalue weighted by Crippen LogP contribution is 2.05. The first-order valence-electron chi connectivity index (χ1n) is 5.97. The standard InChI is InChI=1S/C13H27N/c1-6-7-8-9-14(10-12(2)3)11-13(4)5/h8-9,12-13H,6-7,10-11H2,1-5H3/b9-8+. The molecule has 0 bridgehead atoms. The summed E-state index contributed by atoms with van der Waals surface area (Å²) in [7, 11) is 0. The van der Waals surface area contributed by atoms with E-state index in [2.05, 4.69) is 51.8 Å². The molecule has 0 saturated heterocycles. The molecular weight excluding hydrogens is 170 g/mol. The molecule has 0 atom stereocenters. The third kappa shape index (κ3) is 8.15. The summed E-state index contributed by atoms with van der Waals surface area (Å²) < 4.78 is 0. The van der Waals surface area contributed by atoms with E-state index in [1.165, 1.54) is 25.9 Å². The van der Waals surface area contributed by atoms with Gasteiger partial charge in [0.2, 0.25) is 0 Å². The van der Waals surface area contributed by atoms with Crippen LogP contribution in [0.4, 0.5) is 0 Å². The van der Waals surface area contributed by atoms with Gasteiger partial charge in [0.1, 0.15) is 0 Å². The Morgan fingerprint density at radius 3 is 1.86 bits per heavy atom. The van der Waals surface area contributed by atoms with Crippen LogP contribution in [0.3, 0.4) is 0 Å². The Morgan fingerprint density at radius 2 is 1.50 bits per heavy atom. The van der Waals surface area contributed by atoms with Crippen LogP contribution in [0.5, 0.6) is 0 Å². The Hall–Kier alpha value is -0.460. The molecular formula is C13H27N.